The summed E-state index contributed by atoms with van der Waals surface area (Å²) < 4.78 is 0. The Hall–Kier alpha value is -0.370. The van der Waals surface area contributed by atoms with E-state index in [-0.39, 0.29) is 5.41 Å². The Morgan fingerprint density at radius 2 is 1.57 bits per heavy atom. The SMILES string of the molecule is C=NC(O)C(CC)(CC)C(CC)CC. The van der Waals surface area contributed by atoms with Crippen LogP contribution in [0, 0.1) is 11.3 Å². The molecule has 0 amide bonds. The number of hydrogen-bond donors (Lipinski definition) is 1. The number of rotatable bonds is 7. The molecule has 0 aliphatic rings. The van der Waals surface area contributed by atoms with Gasteiger partial charge in [0, 0.05) is 5.41 Å². The second-order valence-corrected chi connectivity index (χ2v) is 4.01. The summed E-state index contributed by atoms with van der Waals surface area (Å²) in [4.78, 5) is 3.82. The molecule has 0 aliphatic carbocycles. The molecule has 0 fully saturated rings. The van der Waals surface area contributed by atoms with Gasteiger partial charge in [-0.05, 0) is 25.5 Å². The highest BCUT2D eigenvalue weighted by atomic mass is 16.3. The van der Waals surface area contributed by atoms with E-state index in [0.717, 1.165) is 25.7 Å². The number of aliphatic hydroxyl groups is 1. The monoisotopic (exact) mass is 199 g/mol. The van der Waals surface area contributed by atoms with E-state index in [1.54, 1.807) is 0 Å². The van der Waals surface area contributed by atoms with Crippen molar-refractivity contribution in [1.29, 1.82) is 0 Å². The summed E-state index contributed by atoms with van der Waals surface area (Å²) in [7, 11) is 0. The zero-order valence-electron chi connectivity index (χ0n) is 10.1. The van der Waals surface area contributed by atoms with Gasteiger partial charge in [-0.2, -0.15) is 0 Å². The van der Waals surface area contributed by atoms with Gasteiger partial charge in [0.15, 0.2) is 0 Å². The highest BCUT2D eigenvalue weighted by Crippen LogP contribution is 2.42. The first-order valence-electron chi connectivity index (χ1n) is 5.76. The van der Waals surface area contributed by atoms with Crippen LogP contribution in [0.1, 0.15) is 53.4 Å². The van der Waals surface area contributed by atoms with Crippen molar-refractivity contribution in [2.24, 2.45) is 16.3 Å². The van der Waals surface area contributed by atoms with Gasteiger partial charge in [0.05, 0.1) is 0 Å². The quantitative estimate of drug-likeness (QED) is 0.627. The van der Waals surface area contributed by atoms with Crippen molar-refractivity contribution in [3.8, 4) is 0 Å². The van der Waals surface area contributed by atoms with Crippen LogP contribution in [0.4, 0.5) is 0 Å². The predicted octanol–water partition coefficient (Wildman–Crippen LogP) is 3.25. The van der Waals surface area contributed by atoms with E-state index in [2.05, 4.69) is 39.4 Å². The van der Waals surface area contributed by atoms with E-state index in [9.17, 15) is 5.11 Å². The van der Waals surface area contributed by atoms with E-state index in [1.165, 1.54) is 0 Å². The zero-order chi connectivity index (χ0) is 11.2. The van der Waals surface area contributed by atoms with Crippen LogP contribution >= 0.6 is 0 Å². The van der Waals surface area contributed by atoms with Crippen LogP contribution in [0.5, 0.6) is 0 Å². The molecule has 1 atom stereocenters. The summed E-state index contributed by atoms with van der Waals surface area (Å²) in [6.07, 6.45) is 3.53. The van der Waals surface area contributed by atoms with Crippen molar-refractivity contribution in [3.63, 3.8) is 0 Å². The second-order valence-electron chi connectivity index (χ2n) is 4.01. The number of nitrogens with zero attached hydrogens (tertiary/aromatic N) is 1. The molecule has 2 heteroatoms. The van der Waals surface area contributed by atoms with Gasteiger partial charge in [-0.25, -0.2) is 0 Å². The first kappa shape index (κ1) is 13.6. The normalized spacial score (nSPS) is 14.4. The summed E-state index contributed by atoms with van der Waals surface area (Å²) in [5.41, 5.74) is -0.0642. The van der Waals surface area contributed by atoms with Crippen molar-refractivity contribution >= 4 is 6.72 Å². The Bertz CT molecular complexity index is 160. The van der Waals surface area contributed by atoms with E-state index in [1.807, 2.05) is 0 Å². The molecular formula is C12H25NO. The molecule has 84 valence electrons. The number of hydrogen-bond acceptors (Lipinski definition) is 2. The summed E-state index contributed by atoms with van der Waals surface area (Å²) >= 11 is 0. The molecule has 0 spiro atoms. The zero-order valence-corrected chi connectivity index (χ0v) is 10.1. The van der Waals surface area contributed by atoms with Crippen LogP contribution in [0.3, 0.4) is 0 Å². The molecule has 0 bridgehead atoms. The van der Waals surface area contributed by atoms with Crippen LogP contribution < -0.4 is 0 Å². The molecule has 1 N–H and O–H groups in total. The van der Waals surface area contributed by atoms with Crippen molar-refractivity contribution < 1.29 is 5.11 Å². The van der Waals surface area contributed by atoms with Crippen molar-refractivity contribution in [2.75, 3.05) is 0 Å². The molecule has 0 aromatic heterocycles. The molecular weight excluding hydrogens is 174 g/mol. The molecule has 0 saturated carbocycles. The van der Waals surface area contributed by atoms with Crippen molar-refractivity contribution in [1.82, 2.24) is 0 Å². The third-order valence-corrected chi connectivity index (χ3v) is 3.80. The first-order chi connectivity index (χ1) is 6.62. The van der Waals surface area contributed by atoms with Gasteiger partial charge >= 0.3 is 0 Å². The highest BCUT2D eigenvalue weighted by molar-refractivity contribution is 5.24. The molecule has 0 saturated heterocycles. The van der Waals surface area contributed by atoms with Crippen LogP contribution in [-0.2, 0) is 0 Å². The number of aliphatic imine (C=N–C) groups is 1. The van der Waals surface area contributed by atoms with Gasteiger partial charge in [0.25, 0.3) is 0 Å². The summed E-state index contributed by atoms with van der Waals surface area (Å²) in [5, 5.41) is 9.97. The molecule has 14 heavy (non-hydrogen) atoms. The van der Waals surface area contributed by atoms with Gasteiger partial charge < -0.3 is 5.11 Å². The molecule has 0 radical (unpaired) electrons. The predicted molar refractivity (Wildman–Crippen MR) is 62.6 cm³/mol. The lowest BCUT2D eigenvalue weighted by Gasteiger charge is -2.41. The maximum atomic E-state index is 9.97. The van der Waals surface area contributed by atoms with E-state index in [0.29, 0.717) is 5.92 Å². The minimum Gasteiger partial charge on any atom is -0.371 e. The largest absolute Gasteiger partial charge is 0.371 e. The van der Waals surface area contributed by atoms with E-state index < -0.39 is 6.23 Å². The van der Waals surface area contributed by atoms with E-state index >= 15 is 0 Å². The maximum absolute atomic E-state index is 9.97. The third kappa shape index (κ3) is 2.35. The Labute approximate surface area is 88.4 Å². The van der Waals surface area contributed by atoms with Gasteiger partial charge in [-0.15, -0.1) is 0 Å². The molecule has 0 heterocycles. The lowest BCUT2D eigenvalue weighted by atomic mass is 9.67. The Morgan fingerprint density at radius 1 is 1.14 bits per heavy atom. The lowest BCUT2D eigenvalue weighted by Crippen LogP contribution is -2.39. The summed E-state index contributed by atoms with van der Waals surface area (Å²) in [5.74, 6) is 0.540. The van der Waals surface area contributed by atoms with Crippen LogP contribution in [0.2, 0.25) is 0 Å². The molecule has 1 unspecified atom stereocenters. The van der Waals surface area contributed by atoms with Crippen LogP contribution in [0.25, 0.3) is 0 Å². The smallest absolute Gasteiger partial charge is 0.150 e. The lowest BCUT2D eigenvalue weighted by molar-refractivity contribution is -0.0250. The number of aliphatic hydroxyl groups excluding tert-OH is 1. The average Bonchev–Trinajstić information content (AvgIpc) is 2.25. The molecule has 0 rings (SSSR count). The first-order valence-corrected chi connectivity index (χ1v) is 5.76. The molecule has 0 aliphatic heterocycles. The van der Waals surface area contributed by atoms with E-state index in [4.69, 9.17) is 0 Å². The maximum Gasteiger partial charge on any atom is 0.150 e. The highest BCUT2D eigenvalue weighted by Gasteiger charge is 2.39. The van der Waals surface area contributed by atoms with Crippen molar-refractivity contribution in [2.45, 2.75) is 59.6 Å². The fraction of sp³-hybridized carbons (Fsp3) is 0.917. The standard InChI is InChI=1S/C12H25NO/c1-6-10(7-2)12(8-3,9-4)11(14)13-5/h10-11,14H,5-9H2,1-4H3. The van der Waals surface area contributed by atoms with Crippen LogP contribution in [0.15, 0.2) is 4.99 Å². The van der Waals surface area contributed by atoms with Crippen molar-refractivity contribution in [3.05, 3.63) is 0 Å². The molecule has 0 aromatic carbocycles. The minimum absolute atomic E-state index is 0.0642. The van der Waals surface area contributed by atoms with Crippen LogP contribution in [-0.4, -0.2) is 18.1 Å². The Kier molecular flexibility index (Phi) is 6.01. The Balaban J connectivity index is 4.92. The topological polar surface area (TPSA) is 32.6 Å². The van der Waals surface area contributed by atoms with Gasteiger partial charge in [0.1, 0.15) is 6.23 Å². The molecule has 2 nitrogen and oxygen atoms in total. The second kappa shape index (κ2) is 6.18. The molecule has 0 aromatic rings. The average molecular weight is 199 g/mol. The Morgan fingerprint density at radius 3 is 1.79 bits per heavy atom. The fourth-order valence-electron chi connectivity index (χ4n) is 2.69. The fourth-order valence-corrected chi connectivity index (χ4v) is 2.69. The van der Waals surface area contributed by atoms with Gasteiger partial charge in [-0.3, -0.25) is 4.99 Å². The third-order valence-electron chi connectivity index (χ3n) is 3.80. The minimum atomic E-state index is -0.609. The summed E-state index contributed by atoms with van der Waals surface area (Å²) in [6, 6.07) is 0. The van der Waals surface area contributed by atoms with Gasteiger partial charge in [0.2, 0.25) is 0 Å². The summed E-state index contributed by atoms with van der Waals surface area (Å²) in [6.45, 7) is 12.1. The van der Waals surface area contributed by atoms with Gasteiger partial charge in [-0.1, -0.05) is 40.5 Å².